The van der Waals surface area contributed by atoms with Crippen molar-refractivity contribution in [2.75, 3.05) is 0 Å². The standard InChI is InChI=1S/C17H26N2O/c1-10(2)14(6)19-16(18-13(5)17(19)20)15-9-11(3)7-8-12(15)4/h7-10,13-14,16,18H,1-6H3. The van der Waals surface area contributed by atoms with Gasteiger partial charge in [0.05, 0.1) is 6.04 Å². The van der Waals surface area contributed by atoms with Crippen LogP contribution in [-0.2, 0) is 4.79 Å². The van der Waals surface area contributed by atoms with Crippen LogP contribution < -0.4 is 5.32 Å². The highest BCUT2D eigenvalue weighted by Crippen LogP contribution is 2.31. The first kappa shape index (κ1) is 15.0. The van der Waals surface area contributed by atoms with E-state index in [1.807, 2.05) is 11.8 Å². The molecule has 3 nitrogen and oxygen atoms in total. The van der Waals surface area contributed by atoms with Crippen molar-refractivity contribution < 1.29 is 4.79 Å². The summed E-state index contributed by atoms with van der Waals surface area (Å²) in [5, 5.41) is 3.45. The van der Waals surface area contributed by atoms with Crippen LogP contribution in [-0.4, -0.2) is 22.9 Å². The van der Waals surface area contributed by atoms with Gasteiger partial charge in [0.1, 0.15) is 6.17 Å². The number of aryl methyl sites for hydroxylation is 2. The monoisotopic (exact) mass is 274 g/mol. The molecule has 110 valence electrons. The van der Waals surface area contributed by atoms with Gasteiger partial charge >= 0.3 is 0 Å². The van der Waals surface area contributed by atoms with Gasteiger partial charge in [0.25, 0.3) is 0 Å². The van der Waals surface area contributed by atoms with Crippen molar-refractivity contribution in [1.29, 1.82) is 0 Å². The quantitative estimate of drug-likeness (QED) is 0.918. The van der Waals surface area contributed by atoms with E-state index in [1.165, 1.54) is 16.7 Å². The van der Waals surface area contributed by atoms with E-state index in [1.54, 1.807) is 0 Å². The molecule has 0 aliphatic carbocycles. The lowest BCUT2D eigenvalue weighted by Gasteiger charge is -2.33. The van der Waals surface area contributed by atoms with Crippen LogP contribution in [0.15, 0.2) is 18.2 Å². The Balaban J connectivity index is 2.42. The summed E-state index contributed by atoms with van der Waals surface area (Å²) in [6.07, 6.45) is -0.00481. The number of hydrogen-bond acceptors (Lipinski definition) is 2. The molecular weight excluding hydrogens is 248 g/mol. The van der Waals surface area contributed by atoms with Crippen LogP contribution in [0.4, 0.5) is 0 Å². The molecule has 1 heterocycles. The maximum atomic E-state index is 12.5. The molecule has 1 aliphatic heterocycles. The first-order valence-corrected chi connectivity index (χ1v) is 7.48. The van der Waals surface area contributed by atoms with Crippen molar-refractivity contribution in [2.45, 2.75) is 59.8 Å². The van der Waals surface area contributed by atoms with Crippen LogP contribution in [0.1, 0.15) is 50.6 Å². The summed E-state index contributed by atoms with van der Waals surface area (Å²) in [4.78, 5) is 14.5. The van der Waals surface area contributed by atoms with E-state index in [9.17, 15) is 4.79 Å². The Kier molecular flexibility index (Phi) is 4.19. The minimum absolute atomic E-state index is 0.00481. The molecule has 3 atom stereocenters. The lowest BCUT2D eigenvalue weighted by atomic mass is 9.99. The summed E-state index contributed by atoms with van der Waals surface area (Å²) in [6, 6.07) is 6.57. The molecule has 0 saturated carbocycles. The zero-order chi connectivity index (χ0) is 15.0. The van der Waals surface area contributed by atoms with Gasteiger partial charge < -0.3 is 4.90 Å². The zero-order valence-electron chi connectivity index (χ0n) is 13.4. The maximum absolute atomic E-state index is 12.5. The second-order valence-corrected chi connectivity index (χ2v) is 6.38. The van der Waals surface area contributed by atoms with Crippen LogP contribution >= 0.6 is 0 Å². The average molecular weight is 274 g/mol. The second-order valence-electron chi connectivity index (χ2n) is 6.38. The van der Waals surface area contributed by atoms with Crippen LogP contribution in [0.25, 0.3) is 0 Å². The van der Waals surface area contributed by atoms with Gasteiger partial charge in [-0.25, -0.2) is 0 Å². The summed E-state index contributed by atoms with van der Waals surface area (Å²) in [5.74, 6) is 0.649. The molecular formula is C17H26N2O. The van der Waals surface area contributed by atoms with Crippen molar-refractivity contribution in [2.24, 2.45) is 5.92 Å². The average Bonchev–Trinajstić information content (AvgIpc) is 2.68. The molecule has 1 saturated heterocycles. The van der Waals surface area contributed by atoms with Gasteiger partial charge in [-0.15, -0.1) is 0 Å². The highest BCUT2D eigenvalue weighted by atomic mass is 16.2. The minimum Gasteiger partial charge on any atom is -0.319 e. The fourth-order valence-corrected chi connectivity index (χ4v) is 2.79. The molecule has 1 fully saturated rings. The molecule has 1 N–H and O–H groups in total. The Labute approximate surface area is 122 Å². The normalized spacial score (nSPS) is 24.6. The molecule has 1 aromatic rings. The number of carbonyl (C=O) groups excluding carboxylic acids is 1. The summed E-state index contributed by atoms with van der Waals surface area (Å²) >= 11 is 0. The highest BCUT2D eigenvalue weighted by molar-refractivity contribution is 5.84. The number of amides is 1. The molecule has 1 aliphatic rings. The molecule has 0 spiro atoms. The number of rotatable bonds is 3. The van der Waals surface area contributed by atoms with Gasteiger partial charge in [-0.1, -0.05) is 37.6 Å². The van der Waals surface area contributed by atoms with E-state index in [0.717, 1.165) is 0 Å². The molecule has 20 heavy (non-hydrogen) atoms. The Bertz CT molecular complexity index is 510. The Hall–Kier alpha value is -1.35. The fourth-order valence-electron chi connectivity index (χ4n) is 2.79. The molecule has 1 amide bonds. The van der Waals surface area contributed by atoms with Gasteiger partial charge in [0.15, 0.2) is 0 Å². The molecule has 0 bridgehead atoms. The van der Waals surface area contributed by atoms with Crippen molar-refractivity contribution >= 4 is 5.91 Å². The SMILES string of the molecule is Cc1ccc(C)c(C2NC(C)C(=O)N2C(C)C(C)C)c1. The maximum Gasteiger partial charge on any atom is 0.241 e. The van der Waals surface area contributed by atoms with Crippen LogP contribution in [0.2, 0.25) is 0 Å². The topological polar surface area (TPSA) is 32.3 Å². The van der Waals surface area contributed by atoms with E-state index >= 15 is 0 Å². The highest BCUT2D eigenvalue weighted by Gasteiger charge is 2.40. The number of hydrogen-bond donors (Lipinski definition) is 1. The van der Waals surface area contributed by atoms with Crippen molar-refractivity contribution in [3.63, 3.8) is 0 Å². The third-order valence-electron chi connectivity index (χ3n) is 4.44. The zero-order valence-corrected chi connectivity index (χ0v) is 13.4. The van der Waals surface area contributed by atoms with E-state index in [-0.39, 0.29) is 24.2 Å². The van der Waals surface area contributed by atoms with Crippen molar-refractivity contribution in [1.82, 2.24) is 10.2 Å². The number of nitrogens with zero attached hydrogens (tertiary/aromatic N) is 1. The minimum atomic E-state index is -0.110. The first-order chi connectivity index (χ1) is 9.32. The van der Waals surface area contributed by atoms with E-state index in [4.69, 9.17) is 0 Å². The lowest BCUT2D eigenvalue weighted by molar-refractivity contribution is -0.132. The predicted octanol–water partition coefficient (Wildman–Crippen LogP) is 3.17. The molecule has 3 unspecified atom stereocenters. The van der Waals surface area contributed by atoms with Gasteiger partial charge in [-0.05, 0) is 44.7 Å². The summed E-state index contributed by atoms with van der Waals surface area (Å²) in [7, 11) is 0. The first-order valence-electron chi connectivity index (χ1n) is 7.48. The number of nitrogens with one attached hydrogen (secondary N) is 1. The smallest absolute Gasteiger partial charge is 0.241 e. The molecule has 3 heteroatoms. The molecule has 2 rings (SSSR count). The number of benzene rings is 1. The van der Waals surface area contributed by atoms with Crippen LogP contribution in [0.3, 0.4) is 0 Å². The Morgan fingerprint density at radius 3 is 2.45 bits per heavy atom. The third kappa shape index (κ3) is 2.59. The van der Waals surface area contributed by atoms with Gasteiger partial charge in [-0.2, -0.15) is 0 Å². The Morgan fingerprint density at radius 1 is 1.20 bits per heavy atom. The third-order valence-corrected chi connectivity index (χ3v) is 4.44. The fraction of sp³-hybridized carbons (Fsp3) is 0.588. The van der Waals surface area contributed by atoms with Gasteiger partial charge in [-0.3, -0.25) is 10.1 Å². The predicted molar refractivity (Wildman–Crippen MR) is 82.4 cm³/mol. The van der Waals surface area contributed by atoms with E-state index in [0.29, 0.717) is 5.92 Å². The number of carbonyl (C=O) groups is 1. The van der Waals surface area contributed by atoms with Gasteiger partial charge in [0, 0.05) is 6.04 Å². The summed E-state index contributed by atoms with van der Waals surface area (Å²) in [6.45, 7) is 12.6. The summed E-state index contributed by atoms with van der Waals surface area (Å²) < 4.78 is 0. The van der Waals surface area contributed by atoms with Crippen LogP contribution in [0, 0.1) is 19.8 Å². The molecule has 0 radical (unpaired) electrons. The van der Waals surface area contributed by atoms with Crippen LogP contribution in [0.5, 0.6) is 0 Å². The molecule has 0 aromatic heterocycles. The largest absolute Gasteiger partial charge is 0.319 e. The second kappa shape index (κ2) is 5.57. The summed E-state index contributed by atoms with van der Waals surface area (Å²) in [5.41, 5.74) is 3.68. The van der Waals surface area contributed by atoms with Crippen molar-refractivity contribution in [3.8, 4) is 0 Å². The van der Waals surface area contributed by atoms with Gasteiger partial charge in [0.2, 0.25) is 5.91 Å². The van der Waals surface area contributed by atoms with Crippen molar-refractivity contribution in [3.05, 3.63) is 34.9 Å². The lowest BCUT2D eigenvalue weighted by Crippen LogP contribution is -2.41. The van der Waals surface area contributed by atoms with E-state index in [2.05, 4.69) is 58.1 Å². The Morgan fingerprint density at radius 2 is 1.85 bits per heavy atom. The van der Waals surface area contributed by atoms with E-state index < -0.39 is 0 Å². The molecule has 1 aromatic carbocycles.